The largest absolute Gasteiger partial charge is 0.394 e. The normalized spacial score (nSPS) is 45.5. The third-order valence-electron chi connectivity index (χ3n) is 2.65. The van der Waals surface area contributed by atoms with Crippen molar-refractivity contribution < 1.29 is 19.3 Å². The molecule has 5 nitrogen and oxygen atoms in total. The minimum Gasteiger partial charge on any atom is -0.394 e. The first-order chi connectivity index (χ1) is 7.67. The van der Waals surface area contributed by atoms with Gasteiger partial charge in [-0.2, -0.15) is 0 Å². The van der Waals surface area contributed by atoms with Gasteiger partial charge in [-0.05, 0) is 6.92 Å². The standard InChI is InChI=1S/C9H15FN2O3S/c1-2-11-9-12-6-7(14)5(10)4(3-13)15-8(6)16-9/h4-8,13-14H,2-3H2,1H3,(H,11,12)/t4-,5?,6-,7+,8-/m1/s1. The lowest BCUT2D eigenvalue weighted by Crippen LogP contribution is -2.58. The van der Waals surface area contributed by atoms with Crippen LogP contribution in [0.1, 0.15) is 6.92 Å². The van der Waals surface area contributed by atoms with E-state index in [9.17, 15) is 9.50 Å². The van der Waals surface area contributed by atoms with E-state index in [4.69, 9.17) is 9.84 Å². The molecule has 2 aliphatic rings. The Morgan fingerprint density at radius 2 is 2.38 bits per heavy atom. The molecule has 2 rings (SSSR count). The Balaban J connectivity index is 2.10. The molecular formula is C9H15FN2O3S. The van der Waals surface area contributed by atoms with Crippen molar-refractivity contribution >= 4 is 16.9 Å². The van der Waals surface area contributed by atoms with E-state index in [2.05, 4.69) is 10.3 Å². The van der Waals surface area contributed by atoms with Gasteiger partial charge in [0.25, 0.3) is 0 Å². The van der Waals surface area contributed by atoms with Crippen LogP contribution in [0.3, 0.4) is 0 Å². The molecule has 2 aliphatic heterocycles. The average molecular weight is 250 g/mol. The lowest BCUT2D eigenvalue weighted by molar-refractivity contribution is -0.141. The number of aliphatic hydroxyl groups is 2. The average Bonchev–Trinajstić information content (AvgIpc) is 2.67. The zero-order chi connectivity index (χ0) is 11.7. The van der Waals surface area contributed by atoms with Crippen LogP contribution in [0.5, 0.6) is 0 Å². The van der Waals surface area contributed by atoms with Gasteiger partial charge in [0.15, 0.2) is 11.3 Å². The van der Waals surface area contributed by atoms with Crippen LogP contribution in [-0.2, 0) is 4.74 Å². The second kappa shape index (κ2) is 4.87. The van der Waals surface area contributed by atoms with Gasteiger partial charge in [0.1, 0.15) is 17.6 Å². The first-order valence-corrected chi connectivity index (χ1v) is 6.11. The van der Waals surface area contributed by atoms with Crippen molar-refractivity contribution in [3.8, 4) is 0 Å². The van der Waals surface area contributed by atoms with Gasteiger partial charge < -0.3 is 20.3 Å². The van der Waals surface area contributed by atoms with Crippen LogP contribution in [0.4, 0.5) is 4.39 Å². The smallest absolute Gasteiger partial charge is 0.159 e. The van der Waals surface area contributed by atoms with Crippen molar-refractivity contribution in [1.29, 1.82) is 0 Å². The highest BCUT2D eigenvalue weighted by molar-refractivity contribution is 8.14. The molecule has 0 bridgehead atoms. The van der Waals surface area contributed by atoms with E-state index in [0.29, 0.717) is 11.7 Å². The molecule has 92 valence electrons. The Labute approximate surface area is 97.1 Å². The summed E-state index contributed by atoms with van der Waals surface area (Å²) >= 11 is 1.32. The maximum atomic E-state index is 13.6. The zero-order valence-corrected chi connectivity index (χ0v) is 9.65. The lowest BCUT2D eigenvalue weighted by Gasteiger charge is -2.36. The van der Waals surface area contributed by atoms with E-state index < -0.39 is 31.0 Å². The first kappa shape index (κ1) is 12.1. The van der Waals surface area contributed by atoms with Crippen LogP contribution in [0.15, 0.2) is 4.99 Å². The number of fused-ring (bicyclic) bond motifs is 1. The van der Waals surface area contributed by atoms with Crippen LogP contribution < -0.4 is 5.32 Å². The molecule has 2 saturated heterocycles. The molecule has 0 aromatic carbocycles. The summed E-state index contributed by atoms with van der Waals surface area (Å²) in [5.41, 5.74) is -0.385. The fourth-order valence-electron chi connectivity index (χ4n) is 1.82. The Bertz CT molecular complexity index is 292. The number of aliphatic hydroxyl groups excluding tert-OH is 2. The predicted molar refractivity (Wildman–Crippen MR) is 59.1 cm³/mol. The molecule has 0 aliphatic carbocycles. The maximum Gasteiger partial charge on any atom is 0.159 e. The van der Waals surface area contributed by atoms with Crippen LogP contribution in [-0.4, -0.2) is 58.4 Å². The van der Waals surface area contributed by atoms with Crippen molar-refractivity contribution in [3.63, 3.8) is 0 Å². The molecule has 16 heavy (non-hydrogen) atoms. The number of alkyl halides is 1. The fraction of sp³-hybridized carbons (Fsp3) is 0.889. The molecule has 0 spiro atoms. The summed E-state index contributed by atoms with van der Waals surface area (Å²) in [6.45, 7) is 2.08. The summed E-state index contributed by atoms with van der Waals surface area (Å²) in [5.74, 6) is 0. The van der Waals surface area contributed by atoms with Crippen LogP contribution in [0.25, 0.3) is 0 Å². The van der Waals surface area contributed by atoms with Crippen molar-refractivity contribution in [3.05, 3.63) is 0 Å². The molecule has 3 N–H and O–H groups in total. The Morgan fingerprint density at radius 1 is 1.62 bits per heavy atom. The lowest BCUT2D eigenvalue weighted by atomic mass is 10.00. The SMILES string of the molecule is CCN=C1N[C@H]2[C@H](O[C@H](CO)C(F)[C@@H]2O)S1. The molecule has 2 fully saturated rings. The minimum atomic E-state index is -1.57. The number of rotatable bonds is 2. The summed E-state index contributed by atoms with van der Waals surface area (Å²) in [5, 5.41) is 22.3. The number of thioether (sulfide) groups is 1. The molecule has 2 heterocycles. The number of amidine groups is 1. The summed E-state index contributed by atoms with van der Waals surface area (Å²) in [6, 6.07) is -0.493. The minimum absolute atomic E-state index is 0.385. The fourth-order valence-corrected chi connectivity index (χ4v) is 3.02. The second-order valence-electron chi connectivity index (χ2n) is 3.73. The van der Waals surface area contributed by atoms with Gasteiger partial charge in [-0.3, -0.25) is 4.99 Å². The number of halogens is 1. The highest BCUT2D eigenvalue weighted by Gasteiger charge is 2.49. The molecule has 5 atom stereocenters. The van der Waals surface area contributed by atoms with Crippen LogP contribution in [0, 0.1) is 0 Å². The van der Waals surface area contributed by atoms with E-state index in [1.165, 1.54) is 11.8 Å². The van der Waals surface area contributed by atoms with Gasteiger partial charge in [0.2, 0.25) is 0 Å². The monoisotopic (exact) mass is 250 g/mol. The predicted octanol–water partition coefficient (Wildman–Crippen LogP) is -0.516. The Kier molecular flexibility index (Phi) is 3.68. The molecular weight excluding hydrogens is 235 g/mol. The zero-order valence-electron chi connectivity index (χ0n) is 8.84. The third kappa shape index (κ3) is 2.04. The van der Waals surface area contributed by atoms with Crippen molar-refractivity contribution in [2.75, 3.05) is 13.2 Å². The first-order valence-electron chi connectivity index (χ1n) is 5.23. The van der Waals surface area contributed by atoms with Crippen molar-refractivity contribution in [1.82, 2.24) is 5.32 Å². The van der Waals surface area contributed by atoms with Gasteiger partial charge in [-0.15, -0.1) is 0 Å². The van der Waals surface area contributed by atoms with Gasteiger partial charge in [-0.25, -0.2) is 4.39 Å². The summed E-state index contributed by atoms with van der Waals surface area (Å²) in [6.07, 6.45) is -3.69. The summed E-state index contributed by atoms with van der Waals surface area (Å²) < 4.78 is 18.9. The van der Waals surface area contributed by atoms with Gasteiger partial charge >= 0.3 is 0 Å². The summed E-state index contributed by atoms with van der Waals surface area (Å²) in [4.78, 5) is 4.15. The highest BCUT2D eigenvalue weighted by Crippen LogP contribution is 2.34. The van der Waals surface area contributed by atoms with Crippen molar-refractivity contribution in [2.24, 2.45) is 4.99 Å². The molecule has 0 amide bonds. The number of aliphatic imine (C=N–C) groups is 1. The van der Waals surface area contributed by atoms with Gasteiger partial charge in [0, 0.05) is 6.54 Å². The molecule has 1 unspecified atom stereocenters. The molecule has 0 saturated carbocycles. The second-order valence-corrected chi connectivity index (χ2v) is 4.82. The number of ether oxygens (including phenoxy) is 1. The van der Waals surface area contributed by atoms with E-state index in [0.717, 1.165) is 0 Å². The van der Waals surface area contributed by atoms with Gasteiger partial charge in [-0.1, -0.05) is 11.8 Å². The topological polar surface area (TPSA) is 74.1 Å². The number of nitrogens with one attached hydrogen (secondary N) is 1. The van der Waals surface area contributed by atoms with Crippen LogP contribution in [0.2, 0.25) is 0 Å². The molecule has 0 aromatic rings. The maximum absolute atomic E-state index is 13.6. The number of nitrogens with zero attached hydrogens (tertiary/aromatic N) is 1. The van der Waals surface area contributed by atoms with E-state index in [1.807, 2.05) is 6.92 Å². The van der Waals surface area contributed by atoms with E-state index >= 15 is 0 Å². The third-order valence-corrected chi connectivity index (χ3v) is 3.76. The van der Waals surface area contributed by atoms with E-state index in [1.54, 1.807) is 0 Å². The van der Waals surface area contributed by atoms with Crippen LogP contribution >= 0.6 is 11.8 Å². The van der Waals surface area contributed by atoms with Crippen molar-refractivity contribution in [2.45, 2.75) is 36.8 Å². The number of hydrogen-bond acceptors (Lipinski definition) is 5. The quantitative estimate of drug-likeness (QED) is 0.615. The number of hydrogen-bond donors (Lipinski definition) is 3. The highest BCUT2D eigenvalue weighted by atomic mass is 32.2. The Morgan fingerprint density at radius 3 is 3.00 bits per heavy atom. The molecule has 7 heteroatoms. The summed E-state index contributed by atoms with van der Waals surface area (Å²) in [7, 11) is 0. The molecule has 0 radical (unpaired) electrons. The van der Waals surface area contributed by atoms with Gasteiger partial charge in [0.05, 0.1) is 12.6 Å². The van der Waals surface area contributed by atoms with E-state index in [-0.39, 0.29) is 5.44 Å². The molecule has 0 aromatic heterocycles. The Hall–Kier alpha value is -0.370.